The Kier molecular flexibility index (Phi) is 7.70. The van der Waals surface area contributed by atoms with Gasteiger partial charge in [0.15, 0.2) is 0 Å². The molecule has 1 aliphatic heterocycles. The van der Waals surface area contributed by atoms with Crippen LogP contribution in [-0.4, -0.2) is 41.6 Å². The number of rotatable bonds is 6. The fourth-order valence-electron chi connectivity index (χ4n) is 3.79. The molecule has 144 valence electrons. The van der Waals surface area contributed by atoms with Gasteiger partial charge in [0.1, 0.15) is 0 Å². The van der Waals surface area contributed by atoms with Gasteiger partial charge in [0.25, 0.3) is 0 Å². The fraction of sp³-hybridized carbons (Fsp3) is 0.684. The zero-order valence-corrected chi connectivity index (χ0v) is 17.4. The monoisotopic (exact) mass is 414 g/mol. The number of piperidine rings is 1. The van der Waals surface area contributed by atoms with Crippen LogP contribution in [0.2, 0.25) is 4.34 Å². The highest BCUT2D eigenvalue weighted by Gasteiger charge is 2.29. The Bertz CT molecular complexity index is 608. The highest BCUT2D eigenvalue weighted by Crippen LogP contribution is 2.27. The first-order chi connectivity index (χ1) is 12.6. The van der Waals surface area contributed by atoms with Crippen molar-refractivity contribution in [1.29, 1.82) is 0 Å². The number of halogens is 1. The summed E-state index contributed by atoms with van der Waals surface area (Å²) in [5.74, 6) is 1.97. The van der Waals surface area contributed by atoms with Crippen LogP contribution < -0.4 is 5.32 Å². The molecule has 0 aromatic carbocycles. The summed E-state index contributed by atoms with van der Waals surface area (Å²) in [6.45, 7) is 1.56. The largest absolute Gasteiger partial charge is 0.353 e. The smallest absolute Gasteiger partial charge is 0.230 e. The standard InChI is InChI=1S/C19H27ClN2O2S2/c20-17-7-6-16(26-17)12-25-13-18(23)21-15-8-10-22(11-9-15)19(24)14-4-2-1-3-5-14/h6-7,14-15H,1-5,8-13H2,(H,21,23). The molecule has 0 radical (unpaired) electrons. The van der Waals surface area contributed by atoms with Crippen molar-refractivity contribution in [1.82, 2.24) is 10.2 Å². The average Bonchev–Trinajstić information content (AvgIpc) is 3.07. The molecule has 1 saturated heterocycles. The number of thiophene rings is 1. The van der Waals surface area contributed by atoms with Crippen LogP contribution in [0.3, 0.4) is 0 Å². The van der Waals surface area contributed by atoms with E-state index in [-0.39, 0.29) is 17.9 Å². The molecule has 2 fully saturated rings. The van der Waals surface area contributed by atoms with E-state index in [1.807, 2.05) is 17.0 Å². The van der Waals surface area contributed by atoms with Gasteiger partial charge in [-0.1, -0.05) is 30.9 Å². The maximum absolute atomic E-state index is 12.6. The van der Waals surface area contributed by atoms with Crippen LogP contribution in [0.1, 0.15) is 49.8 Å². The van der Waals surface area contributed by atoms with E-state index < -0.39 is 0 Å². The van der Waals surface area contributed by atoms with Gasteiger partial charge in [-0.3, -0.25) is 9.59 Å². The molecular weight excluding hydrogens is 388 g/mol. The van der Waals surface area contributed by atoms with Crippen molar-refractivity contribution >= 4 is 46.5 Å². The van der Waals surface area contributed by atoms with Crippen LogP contribution >= 0.6 is 34.7 Å². The minimum absolute atomic E-state index is 0.0923. The summed E-state index contributed by atoms with van der Waals surface area (Å²) in [6.07, 6.45) is 7.51. The maximum atomic E-state index is 12.6. The van der Waals surface area contributed by atoms with Crippen molar-refractivity contribution in [2.24, 2.45) is 5.92 Å². The van der Waals surface area contributed by atoms with Gasteiger partial charge in [-0.2, -0.15) is 0 Å². The molecule has 1 N–H and O–H groups in total. The first kappa shape index (κ1) is 20.0. The highest BCUT2D eigenvalue weighted by molar-refractivity contribution is 7.99. The molecule has 7 heteroatoms. The second-order valence-corrected chi connectivity index (χ2v) is 9.99. The molecule has 2 aliphatic rings. The predicted molar refractivity (Wildman–Crippen MR) is 110 cm³/mol. The number of carbonyl (C=O) groups is 2. The van der Waals surface area contributed by atoms with E-state index in [1.54, 1.807) is 23.1 Å². The Morgan fingerprint density at radius 2 is 1.88 bits per heavy atom. The normalized spacial score (nSPS) is 19.5. The van der Waals surface area contributed by atoms with Gasteiger partial charge < -0.3 is 10.2 Å². The van der Waals surface area contributed by atoms with Crippen molar-refractivity contribution < 1.29 is 9.59 Å². The van der Waals surface area contributed by atoms with Gasteiger partial charge in [-0.15, -0.1) is 23.1 Å². The summed E-state index contributed by atoms with van der Waals surface area (Å²) in [5, 5.41) is 3.13. The van der Waals surface area contributed by atoms with Crippen molar-refractivity contribution in [3.63, 3.8) is 0 Å². The lowest BCUT2D eigenvalue weighted by Crippen LogP contribution is -2.48. The molecule has 1 aromatic heterocycles. The van der Waals surface area contributed by atoms with Crippen LogP contribution in [0, 0.1) is 5.92 Å². The van der Waals surface area contributed by atoms with E-state index in [0.717, 1.165) is 48.9 Å². The van der Waals surface area contributed by atoms with Crippen LogP contribution in [0.15, 0.2) is 12.1 Å². The van der Waals surface area contributed by atoms with Gasteiger partial charge in [0.05, 0.1) is 10.1 Å². The summed E-state index contributed by atoms with van der Waals surface area (Å²) < 4.78 is 0.791. The van der Waals surface area contributed by atoms with Crippen molar-refractivity contribution in [3.05, 3.63) is 21.3 Å². The molecule has 0 unspecified atom stereocenters. The second-order valence-electron chi connectivity index (χ2n) is 7.20. The molecular formula is C19H27ClN2O2S2. The molecule has 2 heterocycles. The Morgan fingerprint density at radius 3 is 2.54 bits per heavy atom. The molecule has 0 spiro atoms. The summed E-state index contributed by atoms with van der Waals surface area (Å²) in [6, 6.07) is 4.11. The number of amides is 2. The third kappa shape index (κ3) is 5.89. The van der Waals surface area contributed by atoms with Crippen LogP contribution in [0.25, 0.3) is 0 Å². The van der Waals surface area contributed by atoms with Crippen molar-refractivity contribution in [2.45, 2.75) is 56.7 Å². The van der Waals surface area contributed by atoms with E-state index in [9.17, 15) is 9.59 Å². The molecule has 26 heavy (non-hydrogen) atoms. The number of carbonyl (C=O) groups excluding carboxylic acids is 2. The molecule has 1 saturated carbocycles. The van der Waals surface area contributed by atoms with Crippen molar-refractivity contribution in [2.75, 3.05) is 18.8 Å². The lowest BCUT2D eigenvalue weighted by molar-refractivity contribution is -0.137. The van der Waals surface area contributed by atoms with Gasteiger partial charge >= 0.3 is 0 Å². The second kappa shape index (κ2) is 10.00. The zero-order valence-electron chi connectivity index (χ0n) is 15.0. The molecule has 0 atom stereocenters. The first-order valence-electron chi connectivity index (χ1n) is 9.52. The average molecular weight is 415 g/mol. The summed E-state index contributed by atoms with van der Waals surface area (Å²) in [5.41, 5.74) is 0. The highest BCUT2D eigenvalue weighted by atomic mass is 35.5. The Balaban J connectivity index is 1.32. The molecule has 1 aliphatic carbocycles. The molecule has 0 bridgehead atoms. The van der Waals surface area contributed by atoms with E-state index in [1.165, 1.54) is 24.1 Å². The number of hydrogen-bond donors (Lipinski definition) is 1. The third-order valence-corrected chi connectivity index (χ3v) is 7.63. The van der Waals surface area contributed by atoms with Gasteiger partial charge in [0, 0.05) is 35.7 Å². The quantitative estimate of drug-likeness (QED) is 0.753. The predicted octanol–water partition coefficient (Wildman–Crippen LogP) is 4.32. The minimum atomic E-state index is 0.0923. The number of nitrogens with zero attached hydrogens (tertiary/aromatic N) is 1. The number of nitrogens with one attached hydrogen (secondary N) is 1. The number of hydrogen-bond acceptors (Lipinski definition) is 4. The molecule has 4 nitrogen and oxygen atoms in total. The van der Waals surface area contributed by atoms with E-state index >= 15 is 0 Å². The zero-order chi connectivity index (χ0) is 18.4. The lowest BCUT2D eigenvalue weighted by atomic mass is 9.87. The summed E-state index contributed by atoms with van der Waals surface area (Å²) in [7, 11) is 0. The van der Waals surface area contributed by atoms with E-state index in [0.29, 0.717) is 11.7 Å². The SMILES string of the molecule is O=C(CSCc1ccc(Cl)s1)NC1CCN(C(=O)C2CCCCC2)CC1. The van der Waals surface area contributed by atoms with Crippen LogP contribution in [-0.2, 0) is 15.3 Å². The summed E-state index contributed by atoms with van der Waals surface area (Å²) in [4.78, 5) is 27.9. The Morgan fingerprint density at radius 1 is 1.15 bits per heavy atom. The third-order valence-electron chi connectivity index (χ3n) is 5.23. The van der Waals surface area contributed by atoms with Crippen LogP contribution in [0.4, 0.5) is 0 Å². The Hall–Kier alpha value is -0.720. The maximum Gasteiger partial charge on any atom is 0.230 e. The molecule has 1 aromatic rings. The van der Waals surface area contributed by atoms with Gasteiger partial charge in [-0.05, 0) is 37.8 Å². The topological polar surface area (TPSA) is 49.4 Å². The fourth-order valence-corrected chi connectivity index (χ4v) is 5.83. The van der Waals surface area contributed by atoms with Gasteiger partial charge in [0.2, 0.25) is 11.8 Å². The Labute approximate surface area is 169 Å². The lowest BCUT2D eigenvalue weighted by Gasteiger charge is -2.35. The minimum Gasteiger partial charge on any atom is -0.353 e. The van der Waals surface area contributed by atoms with Gasteiger partial charge in [-0.25, -0.2) is 0 Å². The molecule has 3 rings (SSSR count). The number of thioether (sulfide) groups is 1. The summed E-state index contributed by atoms with van der Waals surface area (Å²) >= 11 is 9.10. The van der Waals surface area contributed by atoms with E-state index in [4.69, 9.17) is 11.6 Å². The number of likely N-dealkylation sites (tertiary alicyclic amines) is 1. The van der Waals surface area contributed by atoms with Crippen LogP contribution in [0.5, 0.6) is 0 Å². The molecule has 2 amide bonds. The van der Waals surface area contributed by atoms with E-state index in [2.05, 4.69) is 5.32 Å². The first-order valence-corrected chi connectivity index (χ1v) is 11.9. The van der Waals surface area contributed by atoms with Crippen molar-refractivity contribution in [3.8, 4) is 0 Å².